The fraction of sp³-hybridized carbons (Fsp3) is 0.385. The van der Waals surface area contributed by atoms with E-state index in [1.54, 1.807) is 51.9 Å². The monoisotopic (exact) mass is 527 g/mol. The first-order chi connectivity index (χ1) is 17.7. The van der Waals surface area contributed by atoms with Crippen molar-refractivity contribution < 1.29 is 32.2 Å². The maximum Gasteiger partial charge on any atom is 0.242 e. The summed E-state index contributed by atoms with van der Waals surface area (Å²) in [7, 11) is -3.98. The Morgan fingerprint density at radius 2 is 1.76 bits per heavy atom. The van der Waals surface area contributed by atoms with E-state index in [1.165, 1.54) is 6.20 Å². The Hall–Kier alpha value is -3.57. The van der Waals surface area contributed by atoms with Crippen molar-refractivity contribution in [1.29, 1.82) is 0 Å². The molecular formula is C26H29N3O7S. The number of benzene rings is 2. The maximum absolute atomic E-state index is 13.3. The lowest BCUT2D eigenvalue weighted by atomic mass is 10.2. The van der Waals surface area contributed by atoms with Gasteiger partial charge in [0.25, 0.3) is 0 Å². The predicted molar refractivity (Wildman–Crippen MR) is 135 cm³/mol. The number of morpholine rings is 1. The summed E-state index contributed by atoms with van der Waals surface area (Å²) in [6, 6.07) is 12.3. The second-order valence-electron chi connectivity index (χ2n) is 9.42. The van der Waals surface area contributed by atoms with Crippen LogP contribution in [0.2, 0.25) is 0 Å². The highest BCUT2D eigenvalue weighted by molar-refractivity contribution is 7.92. The summed E-state index contributed by atoms with van der Waals surface area (Å²) >= 11 is 0. The molecule has 1 N–H and O–H groups in total. The fourth-order valence-corrected chi connectivity index (χ4v) is 6.17. The molecule has 3 aromatic rings. The van der Waals surface area contributed by atoms with Crippen LogP contribution < -0.4 is 14.8 Å². The Balaban J connectivity index is 1.30. The molecule has 0 aliphatic carbocycles. The third kappa shape index (κ3) is 5.42. The smallest absolute Gasteiger partial charge is 0.242 e. The second-order valence-corrected chi connectivity index (χ2v) is 11.4. The number of aromatic nitrogens is 1. The van der Waals surface area contributed by atoms with E-state index in [1.807, 2.05) is 13.8 Å². The van der Waals surface area contributed by atoms with Crippen molar-refractivity contribution in [1.82, 2.24) is 14.8 Å². The van der Waals surface area contributed by atoms with E-state index in [2.05, 4.69) is 5.32 Å². The number of fused-ring (bicyclic) bond motifs is 2. The first-order valence-corrected chi connectivity index (χ1v) is 13.7. The minimum atomic E-state index is -3.98. The number of carbonyl (C=O) groups excluding carboxylic acids is 2. The molecule has 10 nitrogen and oxygen atoms in total. The Morgan fingerprint density at radius 1 is 1.03 bits per heavy atom. The molecule has 2 aliphatic rings. The zero-order chi connectivity index (χ0) is 26.2. The molecule has 196 valence electrons. The predicted octanol–water partition coefficient (Wildman–Crippen LogP) is 2.10. The number of amides is 2. The molecule has 2 amide bonds. The quantitative estimate of drug-likeness (QED) is 0.500. The van der Waals surface area contributed by atoms with Crippen LogP contribution in [0.4, 0.5) is 0 Å². The van der Waals surface area contributed by atoms with Gasteiger partial charge in [0.1, 0.15) is 12.3 Å². The van der Waals surface area contributed by atoms with Gasteiger partial charge in [-0.15, -0.1) is 0 Å². The lowest BCUT2D eigenvalue weighted by Gasteiger charge is -2.35. The zero-order valence-electron chi connectivity index (χ0n) is 20.7. The third-order valence-corrected chi connectivity index (χ3v) is 8.05. The lowest BCUT2D eigenvalue weighted by Crippen LogP contribution is -2.49. The Labute approximate surface area is 215 Å². The molecule has 3 heterocycles. The van der Waals surface area contributed by atoms with Crippen LogP contribution in [0.3, 0.4) is 0 Å². The van der Waals surface area contributed by atoms with Crippen LogP contribution in [0.1, 0.15) is 19.4 Å². The molecule has 1 aromatic heterocycles. The Bertz CT molecular complexity index is 1440. The Morgan fingerprint density at radius 3 is 2.54 bits per heavy atom. The van der Waals surface area contributed by atoms with Crippen LogP contribution in [0.15, 0.2) is 53.6 Å². The number of nitrogens with zero attached hydrogens (tertiary/aromatic N) is 2. The molecule has 0 radical (unpaired) electrons. The molecule has 1 saturated heterocycles. The summed E-state index contributed by atoms with van der Waals surface area (Å²) in [6.45, 7) is 5.09. The highest BCUT2D eigenvalue weighted by Crippen LogP contribution is 2.32. The van der Waals surface area contributed by atoms with E-state index >= 15 is 0 Å². The standard InChI is InChI=1S/C26H29N3O7S/c1-17-11-29(12-18(2)36-17)26(31)14-28-13-24(20-5-3-4-6-21(20)28)37(32,33)15-25(30)27-10-19-7-8-22-23(9-19)35-16-34-22/h3-9,13,17-18H,10-12,14-16H2,1-2H3,(H,27,30). The Kier molecular flexibility index (Phi) is 6.82. The van der Waals surface area contributed by atoms with Crippen molar-refractivity contribution in [2.75, 3.05) is 25.6 Å². The van der Waals surface area contributed by atoms with Gasteiger partial charge in [-0.2, -0.15) is 0 Å². The third-order valence-electron chi connectivity index (χ3n) is 6.41. The topological polar surface area (TPSA) is 116 Å². The number of hydrogen-bond acceptors (Lipinski definition) is 7. The van der Waals surface area contributed by atoms with Gasteiger partial charge in [-0.3, -0.25) is 9.59 Å². The summed E-state index contributed by atoms with van der Waals surface area (Å²) in [6.07, 6.45) is 1.32. The summed E-state index contributed by atoms with van der Waals surface area (Å²) < 4.78 is 44.5. The summed E-state index contributed by atoms with van der Waals surface area (Å²) in [5.74, 6) is -0.235. The van der Waals surface area contributed by atoms with E-state index in [9.17, 15) is 18.0 Å². The van der Waals surface area contributed by atoms with E-state index in [-0.39, 0.29) is 42.9 Å². The van der Waals surface area contributed by atoms with Crippen molar-refractivity contribution in [2.45, 2.75) is 44.0 Å². The van der Waals surface area contributed by atoms with E-state index in [4.69, 9.17) is 14.2 Å². The van der Waals surface area contributed by atoms with Gasteiger partial charge in [0, 0.05) is 36.7 Å². The summed E-state index contributed by atoms with van der Waals surface area (Å²) in [4.78, 5) is 27.4. The van der Waals surface area contributed by atoms with Gasteiger partial charge in [-0.1, -0.05) is 24.3 Å². The maximum atomic E-state index is 13.3. The van der Waals surface area contributed by atoms with Crippen molar-refractivity contribution in [2.24, 2.45) is 0 Å². The summed E-state index contributed by atoms with van der Waals surface area (Å²) in [5.41, 5.74) is 1.38. The number of hydrogen-bond donors (Lipinski definition) is 1. The van der Waals surface area contributed by atoms with E-state index < -0.39 is 21.5 Å². The molecular weight excluding hydrogens is 498 g/mol. The molecule has 0 saturated carbocycles. The first kappa shape index (κ1) is 25.1. The van der Waals surface area contributed by atoms with Gasteiger partial charge in [0.05, 0.1) is 17.1 Å². The second kappa shape index (κ2) is 10.1. The molecule has 2 aromatic carbocycles. The van der Waals surface area contributed by atoms with Crippen LogP contribution in [0, 0.1) is 0 Å². The van der Waals surface area contributed by atoms with Gasteiger partial charge in [0.15, 0.2) is 21.3 Å². The number of sulfone groups is 1. The van der Waals surface area contributed by atoms with Crippen LogP contribution in [-0.2, 0) is 37.3 Å². The van der Waals surface area contributed by atoms with Crippen molar-refractivity contribution in [3.63, 3.8) is 0 Å². The van der Waals surface area contributed by atoms with Crippen molar-refractivity contribution in [3.8, 4) is 11.5 Å². The highest BCUT2D eigenvalue weighted by atomic mass is 32.2. The molecule has 0 spiro atoms. The van der Waals surface area contributed by atoms with Crippen molar-refractivity contribution >= 4 is 32.6 Å². The molecule has 2 aliphatic heterocycles. The molecule has 0 bridgehead atoms. The van der Waals surface area contributed by atoms with Gasteiger partial charge < -0.3 is 29.0 Å². The average Bonchev–Trinajstić information content (AvgIpc) is 3.47. The van der Waals surface area contributed by atoms with Crippen LogP contribution in [0.5, 0.6) is 11.5 Å². The SMILES string of the molecule is CC1CN(C(=O)Cn2cc(S(=O)(=O)CC(=O)NCc3ccc4c(c3)OCO4)c3ccccc32)CC(C)O1. The minimum Gasteiger partial charge on any atom is -0.454 e. The van der Waals surface area contributed by atoms with E-state index in [0.29, 0.717) is 35.5 Å². The van der Waals surface area contributed by atoms with Gasteiger partial charge in [-0.25, -0.2) is 8.42 Å². The van der Waals surface area contributed by atoms with Crippen molar-refractivity contribution in [3.05, 3.63) is 54.2 Å². The van der Waals surface area contributed by atoms with E-state index in [0.717, 1.165) is 5.56 Å². The molecule has 2 atom stereocenters. The normalized spacial score (nSPS) is 19.2. The number of para-hydroxylation sites is 1. The fourth-order valence-electron chi connectivity index (χ4n) is 4.77. The number of ether oxygens (including phenoxy) is 3. The molecule has 11 heteroatoms. The van der Waals surface area contributed by atoms with Gasteiger partial charge in [-0.05, 0) is 37.6 Å². The average molecular weight is 528 g/mol. The van der Waals surface area contributed by atoms with Crippen LogP contribution in [0.25, 0.3) is 10.9 Å². The molecule has 37 heavy (non-hydrogen) atoms. The first-order valence-electron chi connectivity index (χ1n) is 12.1. The zero-order valence-corrected chi connectivity index (χ0v) is 21.5. The number of nitrogens with one attached hydrogen (secondary N) is 1. The molecule has 1 fully saturated rings. The van der Waals surface area contributed by atoms with Gasteiger partial charge >= 0.3 is 0 Å². The van der Waals surface area contributed by atoms with Crippen LogP contribution >= 0.6 is 0 Å². The number of carbonyl (C=O) groups is 2. The largest absolute Gasteiger partial charge is 0.454 e. The molecule has 5 rings (SSSR count). The van der Waals surface area contributed by atoms with Gasteiger partial charge in [0.2, 0.25) is 18.6 Å². The lowest BCUT2D eigenvalue weighted by molar-refractivity contribution is -0.143. The number of rotatable bonds is 7. The van der Waals surface area contributed by atoms with Crippen LogP contribution in [-0.4, -0.2) is 67.5 Å². The highest BCUT2D eigenvalue weighted by Gasteiger charge is 2.28. The minimum absolute atomic E-state index is 0.00815. The molecule has 2 unspecified atom stereocenters. The summed E-state index contributed by atoms with van der Waals surface area (Å²) in [5, 5.41) is 3.14.